The molecule has 1 amide bonds. The molecule has 8 nitrogen and oxygen atoms in total. The first-order valence-electron chi connectivity index (χ1n) is 9.65. The highest BCUT2D eigenvalue weighted by Crippen LogP contribution is 2.23. The number of ether oxygens (including phenoxy) is 1. The molecule has 168 valence electrons. The highest BCUT2D eigenvalue weighted by Gasteiger charge is 2.27. The largest absolute Gasteiger partial charge is 0.479 e. The molecule has 0 atom stereocenters. The minimum absolute atomic E-state index is 0.00988. The van der Waals surface area contributed by atoms with Crippen LogP contribution in [0.1, 0.15) is 5.56 Å². The number of nitrogens with one attached hydrogen (secondary N) is 1. The average molecular weight is 466 g/mol. The van der Waals surface area contributed by atoms with Gasteiger partial charge in [0.1, 0.15) is 24.2 Å². The number of hydrazone groups is 1. The lowest BCUT2D eigenvalue weighted by Crippen LogP contribution is -2.39. The van der Waals surface area contributed by atoms with E-state index in [1.807, 2.05) is 6.07 Å². The molecule has 0 saturated carbocycles. The number of carbonyl (C=O) groups excluding carboxylic acids is 1. The Morgan fingerprint density at radius 3 is 2.36 bits per heavy atom. The van der Waals surface area contributed by atoms with Crippen molar-refractivity contribution in [2.75, 3.05) is 17.5 Å². The minimum atomic E-state index is -4.09. The number of carbonyl (C=O) groups is 1. The molecule has 0 aliphatic heterocycles. The Morgan fingerprint density at radius 1 is 1.06 bits per heavy atom. The van der Waals surface area contributed by atoms with Gasteiger partial charge in [-0.3, -0.25) is 9.10 Å². The number of hydrogen-bond donors (Lipinski definition) is 1. The van der Waals surface area contributed by atoms with Crippen molar-refractivity contribution in [1.82, 2.24) is 5.43 Å². The fourth-order valence-electron chi connectivity index (χ4n) is 2.75. The number of hydrogen-bond acceptors (Lipinski definition) is 6. The van der Waals surface area contributed by atoms with E-state index in [1.165, 1.54) is 30.5 Å². The first kappa shape index (κ1) is 23.4. The zero-order chi connectivity index (χ0) is 23.7. The fourth-order valence-corrected chi connectivity index (χ4v) is 4.19. The molecule has 0 unspecified atom stereocenters. The lowest BCUT2D eigenvalue weighted by Gasteiger charge is -2.23. The number of amides is 1. The van der Waals surface area contributed by atoms with Crippen molar-refractivity contribution < 1.29 is 22.3 Å². The molecule has 10 heteroatoms. The summed E-state index contributed by atoms with van der Waals surface area (Å²) in [5.41, 5.74) is 3.07. The monoisotopic (exact) mass is 466 g/mol. The van der Waals surface area contributed by atoms with Gasteiger partial charge in [-0.1, -0.05) is 18.2 Å². The molecular weight excluding hydrogens is 447 g/mol. The molecule has 0 bridgehead atoms. The van der Waals surface area contributed by atoms with Crippen molar-refractivity contribution in [1.29, 1.82) is 5.26 Å². The van der Waals surface area contributed by atoms with Crippen LogP contribution in [0.5, 0.6) is 5.75 Å². The van der Waals surface area contributed by atoms with Gasteiger partial charge in [-0.2, -0.15) is 10.4 Å². The van der Waals surface area contributed by atoms with Gasteiger partial charge in [-0.05, 0) is 66.2 Å². The number of benzene rings is 3. The molecule has 0 aromatic heterocycles. The van der Waals surface area contributed by atoms with Crippen LogP contribution in [-0.4, -0.2) is 33.7 Å². The predicted octanol–water partition coefficient (Wildman–Crippen LogP) is 3.07. The Hall–Kier alpha value is -4.23. The molecule has 3 rings (SSSR count). The van der Waals surface area contributed by atoms with E-state index >= 15 is 0 Å². The summed E-state index contributed by atoms with van der Waals surface area (Å²) in [6.07, 6.45) is 1.37. The molecule has 3 aromatic carbocycles. The van der Waals surface area contributed by atoms with Gasteiger partial charge in [0.15, 0.2) is 6.61 Å². The van der Waals surface area contributed by atoms with Gasteiger partial charge < -0.3 is 4.74 Å². The number of nitriles is 1. The predicted molar refractivity (Wildman–Crippen MR) is 121 cm³/mol. The van der Waals surface area contributed by atoms with Crippen LogP contribution in [0, 0.1) is 17.1 Å². The second-order valence-corrected chi connectivity index (χ2v) is 8.47. The van der Waals surface area contributed by atoms with Gasteiger partial charge in [0.2, 0.25) is 0 Å². The molecule has 0 aliphatic rings. The van der Waals surface area contributed by atoms with Crippen molar-refractivity contribution in [3.8, 4) is 11.8 Å². The van der Waals surface area contributed by atoms with Crippen molar-refractivity contribution in [3.05, 3.63) is 90.2 Å². The fraction of sp³-hybridized carbons (Fsp3) is 0.0870. The van der Waals surface area contributed by atoms with Crippen LogP contribution in [0.25, 0.3) is 0 Å². The van der Waals surface area contributed by atoms with E-state index in [4.69, 9.17) is 10.00 Å². The van der Waals surface area contributed by atoms with Gasteiger partial charge in [-0.25, -0.2) is 18.2 Å². The van der Waals surface area contributed by atoms with Gasteiger partial charge in [0.05, 0.1) is 16.8 Å². The normalized spacial score (nSPS) is 11.0. The molecule has 33 heavy (non-hydrogen) atoms. The maximum absolute atomic E-state index is 13.4. The van der Waals surface area contributed by atoms with Crippen LogP contribution in [0.2, 0.25) is 0 Å². The van der Waals surface area contributed by atoms with E-state index in [-0.39, 0.29) is 17.2 Å². The summed E-state index contributed by atoms with van der Waals surface area (Å²) in [6, 6.07) is 20.9. The summed E-state index contributed by atoms with van der Waals surface area (Å²) < 4.78 is 45.7. The Kier molecular flexibility index (Phi) is 7.73. The van der Waals surface area contributed by atoms with Crippen molar-refractivity contribution in [2.45, 2.75) is 4.90 Å². The number of anilines is 1. The highest BCUT2D eigenvalue weighted by atomic mass is 32.2. The number of nitrogens with zero attached hydrogens (tertiary/aromatic N) is 3. The molecule has 3 aromatic rings. The Balaban J connectivity index is 1.73. The third-order valence-corrected chi connectivity index (χ3v) is 6.11. The zero-order valence-electron chi connectivity index (χ0n) is 17.3. The highest BCUT2D eigenvalue weighted by molar-refractivity contribution is 7.92. The van der Waals surface area contributed by atoms with Gasteiger partial charge in [-0.15, -0.1) is 0 Å². The van der Waals surface area contributed by atoms with Gasteiger partial charge in [0.25, 0.3) is 15.9 Å². The minimum Gasteiger partial charge on any atom is -0.479 e. The van der Waals surface area contributed by atoms with E-state index in [9.17, 15) is 17.6 Å². The SMILES string of the molecule is N#CCOc1ccc(/C=N/NC(=O)CN(c2ccc(F)cc2)S(=O)(=O)c2ccccc2)cc1. The van der Waals surface area contributed by atoms with Crippen molar-refractivity contribution >= 4 is 27.8 Å². The van der Waals surface area contributed by atoms with Crippen LogP contribution >= 0.6 is 0 Å². The molecule has 0 radical (unpaired) electrons. The van der Waals surface area contributed by atoms with E-state index in [2.05, 4.69) is 10.5 Å². The van der Waals surface area contributed by atoms with Gasteiger partial charge >= 0.3 is 0 Å². The summed E-state index contributed by atoms with van der Waals surface area (Å²) in [5.74, 6) is -0.711. The Morgan fingerprint density at radius 2 is 1.73 bits per heavy atom. The van der Waals surface area contributed by atoms with Crippen LogP contribution in [0.4, 0.5) is 10.1 Å². The third-order valence-electron chi connectivity index (χ3n) is 4.32. The van der Waals surface area contributed by atoms with E-state index in [0.717, 1.165) is 16.4 Å². The van der Waals surface area contributed by atoms with E-state index < -0.39 is 28.3 Å². The molecule has 0 saturated heterocycles. The summed E-state index contributed by atoms with van der Waals surface area (Å²) in [7, 11) is -4.09. The maximum Gasteiger partial charge on any atom is 0.264 e. The Labute approximate surface area is 190 Å². The summed E-state index contributed by atoms with van der Waals surface area (Å²) in [4.78, 5) is 12.5. The average Bonchev–Trinajstić information content (AvgIpc) is 2.83. The number of sulfonamides is 1. The van der Waals surface area contributed by atoms with Crippen LogP contribution < -0.4 is 14.5 Å². The van der Waals surface area contributed by atoms with Crippen LogP contribution in [-0.2, 0) is 14.8 Å². The molecule has 0 spiro atoms. The molecule has 0 fully saturated rings. The van der Waals surface area contributed by atoms with Crippen molar-refractivity contribution in [3.63, 3.8) is 0 Å². The second-order valence-electron chi connectivity index (χ2n) is 6.61. The van der Waals surface area contributed by atoms with Crippen LogP contribution in [0.3, 0.4) is 0 Å². The first-order chi connectivity index (χ1) is 15.9. The smallest absolute Gasteiger partial charge is 0.264 e. The second kappa shape index (κ2) is 10.9. The molecule has 1 N–H and O–H groups in total. The molecule has 0 heterocycles. The summed E-state index contributed by atoms with van der Waals surface area (Å²) in [5, 5.41) is 12.4. The standard InChI is InChI=1S/C23H19FN4O4S/c24-19-8-10-20(11-9-19)28(33(30,31)22-4-2-1-3-5-22)17-23(29)27-26-16-18-6-12-21(13-7-18)32-15-14-25/h1-13,16H,15,17H2,(H,27,29)/b26-16+. The lowest BCUT2D eigenvalue weighted by atomic mass is 10.2. The topological polar surface area (TPSA) is 112 Å². The quantitative estimate of drug-likeness (QED) is 0.385. The van der Waals surface area contributed by atoms with Gasteiger partial charge in [0, 0.05) is 0 Å². The summed E-state index contributed by atoms with van der Waals surface area (Å²) >= 11 is 0. The van der Waals surface area contributed by atoms with Crippen LogP contribution in [0.15, 0.2) is 88.9 Å². The van der Waals surface area contributed by atoms with E-state index in [1.54, 1.807) is 42.5 Å². The zero-order valence-corrected chi connectivity index (χ0v) is 18.1. The maximum atomic E-state index is 13.4. The third kappa shape index (κ3) is 6.38. The Bertz CT molecular complexity index is 1260. The molecule has 0 aliphatic carbocycles. The summed E-state index contributed by atoms with van der Waals surface area (Å²) in [6.45, 7) is -0.638. The molecular formula is C23H19FN4O4S. The van der Waals surface area contributed by atoms with Crippen molar-refractivity contribution in [2.24, 2.45) is 5.10 Å². The lowest BCUT2D eigenvalue weighted by molar-refractivity contribution is -0.119. The number of halogens is 1. The first-order valence-corrected chi connectivity index (χ1v) is 11.1. The van der Waals surface area contributed by atoms with E-state index in [0.29, 0.717) is 11.3 Å². The number of rotatable bonds is 9.